The summed E-state index contributed by atoms with van der Waals surface area (Å²) in [6.07, 6.45) is 2.97. The maximum Gasteiger partial charge on any atom is 2.00 e. The molecule has 0 bridgehead atoms. The predicted molar refractivity (Wildman–Crippen MR) is 43.7 cm³/mol. The Bertz CT molecular complexity index is 157. The zero-order valence-corrected chi connectivity index (χ0v) is 7.80. The van der Waals surface area contributed by atoms with Crippen molar-refractivity contribution in [2.24, 2.45) is 0 Å². The molecule has 0 saturated carbocycles. The fraction of sp³-hybridized carbons (Fsp3) is 0.286. The monoisotopic (exact) mass is 152 g/mol. The molecule has 10 heavy (non-hydrogen) atoms. The van der Waals surface area contributed by atoms with Gasteiger partial charge in [0.15, 0.2) is 0 Å². The van der Waals surface area contributed by atoms with E-state index in [0.29, 0.717) is 5.57 Å². The van der Waals surface area contributed by atoms with Crippen molar-refractivity contribution in [2.75, 3.05) is 0 Å². The van der Waals surface area contributed by atoms with Crippen LogP contribution < -0.4 is 0 Å². The van der Waals surface area contributed by atoms with Gasteiger partial charge < -0.3 is 7.59 Å². The second-order valence-electron chi connectivity index (χ2n) is 1.66. The summed E-state index contributed by atoms with van der Waals surface area (Å²) in [5.74, 6) is -0.381. The topological polar surface area (TPSA) is 26.3 Å². The summed E-state index contributed by atoms with van der Waals surface area (Å²) in [7, 11) is 0. The van der Waals surface area contributed by atoms with Gasteiger partial charge in [0.1, 0.15) is 0 Å². The molecule has 0 spiro atoms. The van der Waals surface area contributed by atoms with E-state index >= 15 is 0 Å². The Kier molecular flexibility index (Phi) is 8.47. The molecule has 0 radical (unpaired) electrons. The maximum atomic E-state index is 10.5. The zero-order valence-electron chi connectivity index (χ0n) is 8.39. The van der Waals surface area contributed by atoms with Crippen molar-refractivity contribution in [3.63, 3.8) is 0 Å². The Hall–Kier alpha value is -0.284. The van der Waals surface area contributed by atoms with Crippen molar-refractivity contribution < 1.29 is 12.4 Å². The first-order valence-corrected chi connectivity index (χ1v) is 2.66. The normalized spacial score (nSPS) is 8.60. The van der Waals surface area contributed by atoms with Gasteiger partial charge in [0.2, 0.25) is 0 Å². The van der Waals surface area contributed by atoms with E-state index in [1.54, 1.807) is 19.9 Å². The van der Waals surface area contributed by atoms with Crippen LogP contribution in [0.3, 0.4) is 0 Å². The number of hydrogen-bond donors (Lipinski definition) is 0. The van der Waals surface area contributed by atoms with Crippen molar-refractivity contribution in [1.82, 2.24) is 0 Å². The standard InChI is InChI=1S/C7H10O2.Mg.2H/c1-4-5-9-7(8)6(2)3;;;/h4-5H,2H2,1,3H3;;;/q;+2;2*-1. The van der Waals surface area contributed by atoms with E-state index in [9.17, 15) is 4.79 Å². The molecule has 0 aromatic heterocycles. The number of ether oxygens (including phenoxy) is 1. The molecule has 54 valence electrons. The van der Waals surface area contributed by atoms with Gasteiger partial charge in [-0.1, -0.05) is 12.7 Å². The SMILES string of the molecule is C=C(C)C(=O)OC=CC.[H-].[H-].[Mg+2]. The molecular weight excluding hydrogens is 140 g/mol. The van der Waals surface area contributed by atoms with E-state index in [1.807, 2.05) is 0 Å². The molecule has 0 fully saturated rings. The van der Waals surface area contributed by atoms with E-state index in [0.717, 1.165) is 0 Å². The summed E-state index contributed by atoms with van der Waals surface area (Å²) in [4.78, 5) is 10.5. The van der Waals surface area contributed by atoms with E-state index in [2.05, 4.69) is 11.3 Å². The second-order valence-corrected chi connectivity index (χ2v) is 1.66. The molecule has 0 amide bonds. The van der Waals surface area contributed by atoms with Crippen LogP contribution in [0.4, 0.5) is 0 Å². The van der Waals surface area contributed by atoms with Crippen LogP contribution in [0.1, 0.15) is 16.7 Å². The molecule has 0 heterocycles. The van der Waals surface area contributed by atoms with Gasteiger partial charge in [-0.05, 0) is 13.8 Å². The molecule has 0 aromatic carbocycles. The summed E-state index contributed by atoms with van der Waals surface area (Å²) in [5.41, 5.74) is 0.410. The second kappa shape index (κ2) is 6.83. The van der Waals surface area contributed by atoms with Gasteiger partial charge in [-0.25, -0.2) is 4.79 Å². The Balaban J connectivity index is -0.000000107. The summed E-state index contributed by atoms with van der Waals surface area (Å²) in [6.45, 7) is 6.77. The van der Waals surface area contributed by atoms with Crippen LogP contribution >= 0.6 is 0 Å². The summed E-state index contributed by atoms with van der Waals surface area (Å²) in [5, 5.41) is 0. The van der Waals surface area contributed by atoms with Gasteiger partial charge in [-0.2, -0.15) is 0 Å². The number of carbonyl (C=O) groups is 1. The number of hydrogen-bond acceptors (Lipinski definition) is 2. The first-order valence-electron chi connectivity index (χ1n) is 2.66. The predicted octanol–water partition coefficient (Wildman–Crippen LogP) is 1.48. The van der Waals surface area contributed by atoms with Crippen molar-refractivity contribution in [3.05, 3.63) is 24.5 Å². The third-order valence-corrected chi connectivity index (χ3v) is 0.660. The van der Waals surface area contributed by atoms with Crippen LogP contribution in [-0.4, -0.2) is 29.0 Å². The first-order chi connectivity index (χ1) is 4.18. The Morgan fingerprint density at radius 2 is 2.20 bits per heavy atom. The zero-order chi connectivity index (χ0) is 7.28. The van der Waals surface area contributed by atoms with E-state index in [-0.39, 0.29) is 31.9 Å². The Labute approximate surface area is 80.1 Å². The average Bonchev–Trinajstić information content (AvgIpc) is 1.82. The van der Waals surface area contributed by atoms with Crippen molar-refractivity contribution >= 4 is 29.0 Å². The number of esters is 1. The molecule has 0 aromatic rings. The minimum absolute atomic E-state index is 0. The summed E-state index contributed by atoms with van der Waals surface area (Å²) in [6, 6.07) is 0. The minimum atomic E-state index is -0.381. The molecular formula is C7H12MgO2. The van der Waals surface area contributed by atoms with Gasteiger partial charge in [-0.15, -0.1) is 0 Å². The van der Waals surface area contributed by atoms with Gasteiger partial charge in [0, 0.05) is 5.57 Å². The van der Waals surface area contributed by atoms with E-state index in [4.69, 9.17) is 0 Å². The van der Waals surface area contributed by atoms with Crippen LogP contribution in [0, 0.1) is 0 Å². The maximum absolute atomic E-state index is 10.5. The van der Waals surface area contributed by atoms with Gasteiger partial charge >= 0.3 is 29.0 Å². The van der Waals surface area contributed by atoms with Gasteiger partial charge in [0.25, 0.3) is 0 Å². The fourth-order valence-electron chi connectivity index (χ4n) is 0.230. The Morgan fingerprint density at radius 3 is 2.50 bits per heavy atom. The molecule has 0 rings (SSSR count). The van der Waals surface area contributed by atoms with Crippen LogP contribution in [0.15, 0.2) is 24.5 Å². The molecule has 0 unspecified atom stereocenters. The van der Waals surface area contributed by atoms with Crippen molar-refractivity contribution in [1.29, 1.82) is 0 Å². The molecule has 0 aliphatic carbocycles. The molecule has 0 aliphatic heterocycles. The van der Waals surface area contributed by atoms with Crippen LogP contribution in [0.2, 0.25) is 0 Å². The van der Waals surface area contributed by atoms with Crippen LogP contribution in [-0.2, 0) is 9.53 Å². The van der Waals surface area contributed by atoms with Crippen molar-refractivity contribution in [2.45, 2.75) is 13.8 Å². The number of allylic oxidation sites excluding steroid dienone is 1. The third-order valence-electron chi connectivity index (χ3n) is 0.660. The van der Waals surface area contributed by atoms with Crippen LogP contribution in [0.5, 0.6) is 0 Å². The molecule has 0 atom stereocenters. The average molecular weight is 152 g/mol. The summed E-state index contributed by atoms with van der Waals surface area (Å²) < 4.78 is 4.53. The number of carbonyl (C=O) groups excluding carboxylic acids is 1. The third kappa shape index (κ3) is 5.85. The quantitative estimate of drug-likeness (QED) is 0.259. The molecule has 0 aliphatic rings. The van der Waals surface area contributed by atoms with E-state index < -0.39 is 0 Å². The Morgan fingerprint density at radius 1 is 1.70 bits per heavy atom. The first kappa shape index (κ1) is 12.4. The van der Waals surface area contributed by atoms with Gasteiger partial charge in [0.05, 0.1) is 6.26 Å². The molecule has 0 N–H and O–H groups in total. The molecule has 0 saturated heterocycles. The number of rotatable bonds is 2. The fourth-order valence-corrected chi connectivity index (χ4v) is 0.230. The van der Waals surface area contributed by atoms with Crippen LogP contribution in [0.25, 0.3) is 0 Å². The largest absolute Gasteiger partial charge is 2.00 e. The molecule has 2 nitrogen and oxygen atoms in total. The van der Waals surface area contributed by atoms with Gasteiger partial charge in [-0.3, -0.25) is 0 Å². The summed E-state index contributed by atoms with van der Waals surface area (Å²) >= 11 is 0. The van der Waals surface area contributed by atoms with E-state index in [1.165, 1.54) is 6.26 Å². The van der Waals surface area contributed by atoms with Crippen molar-refractivity contribution in [3.8, 4) is 0 Å². The minimum Gasteiger partial charge on any atom is -1.00 e. The molecule has 3 heteroatoms. The smallest absolute Gasteiger partial charge is 1.00 e.